The number of pyridine rings is 1. The Labute approximate surface area is 105 Å². The number of benzene rings is 1. The molecule has 1 heterocycles. The Morgan fingerprint density at radius 3 is 2.33 bits per heavy atom. The molecule has 0 unspecified atom stereocenters. The first-order valence-electron chi connectivity index (χ1n) is 5.33. The minimum absolute atomic E-state index is 0.308. The van der Waals surface area contributed by atoms with Crippen LogP contribution in [-0.4, -0.2) is 29.3 Å². The first-order chi connectivity index (χ1) is 8.70. The second-order valence-corrected chi connectivity index (χ2v) is 3.56. The molecule has 0 atom stereocenters. The van der Waals surface area contributed by atoms with E-state index < -0.39 is 7.12 Å². The lowest BCUT2D eigenvalue weighted by atomic mass is 9.82. The summed E-state index contributed by atoms with van der Waals surface area (Å²) < 4.78 is 10.7. The van der Waals surface area contributed by atoms with Crippen molar-refractivity contribution in [3.63, 3.8) is 0 Å². The van der Waals surface area contributed by atoms with Crippen LogP contribution in [0, 0.1) is 0 Å². The Balaban J connectivity index is 2.18. The highest BCUT2D eigenvalue weighted by Crippen LogP contribution is 2.29. The van der Waals surface area contributed by atoms with Crippen molar-refractivity contribution in [2.75, 3.05) is 7.11 Å². The molecule has 0 fully saturated rings. The second-order valence-electron chi connectivity index (χ2n) is 3.56. The molecule has 0 aliphatic carbocycles. The molecule has 92 valence electrons. The third kappa shape index (κ3) is 2.79. The molecule has 0 amide bonds. The summed E-state index contributed by atoms with van der Waals surface area (Å²) in [5.41, 5.74) is 0.308. The number of ether oxygens (including phenoxy) is 2. The number of para-hydroxylation sites is 2. The molecular weight excluding hydrogens is 233 g/mol. The summed E-state index contributed by atoms with van der Waals surface area (Å²) in [5, 5.41) is 17.9. The van der Waals surface area contributed by atoms with E-state index in [1.165, 1.54) is 12.3 Å². The first-order valence-corrected chi connectivity index (χ1v) is 5.33. The number of methoxy groups -OCH3 is 1. The normalized spacial score (nSPS) is 9.94. The molecule has 2 rings (SSSR count). The minimum atomic E-state index is -1.53. The standard InChI is InChI=1S/C12H12BNO4/c1-17-10-4-2-3-5-11(10)18-12-7-6-9(8-14-12)13(15)16/h2-8,15-16H,1H3. The highest BCUT2D eigenvalue weighted by molar-refractivity contribution is 6.58. The topological polar surface area (TPSA) is 71.8 Å². The smallest absolute Gasteiger partial charge is 0.490 e. The summed E-state index contributed by atoms with van der Waals surface area (Å²) in [6.45, 7) is 0. The fourth-order valence-corrected chi connectivity index (χ4v) is 1.42. The molecule has 1 aromatic carbocycles. The van der Waals surface area contributed by atoms with Crippen molar-refractivity contribution in [3.05, 3.63) is 42.6 Å². The largest absolute Gasteiger partial charge is 0.493 e. The Kier molecular flexibility index (Phi) is 3.81. The molecule has 0 aliphatic rings. The molecule has 2 N–H and O–H groups in total. The van der Waals surface area contributed by atoms with Crippen molar-refractivity contribution in [1.29, 1.82) is 0 Å². The van der Waals surface area contributed by atoms with E-state index in [1.807, 2.05) is 12.1 Å². The van der Waals surface area contributed by atoms with Crippen LogP contribution in [0.25, 0.3) is 0 Å². The van der Waals surface area contributed by atoms with Crippen LogP contribution in [-0.2, 0) is 0 Å². The van der Waals surface area contributed by atoms with Crippen molar-refractivity contribution in [1.82, 2.24) is 4.98 Å². The van der Waals surface area contributed by atoms with E-state index in [2.05, 4.69) is 4.98 Å². The quantitative estimate of drug-likeness (QED) is 0.770. The average Bonchev–Trinajstić information content (AvgIpc) is 2.40. The molecular formula is C12H12BNO4. The number of rotatable bonds is 4. The molecule has 1 aromatic heterocycles. The summed E-state index contributed by atoms with van der Waals surface area (Å²) in [7, 11) is 0.0266. The van der Waals surface area contributed by atoms with Gasteiger partial charge in [-0.1, -0.05) is 18.2 Å². The summed E-state index contributed by atoms with van der Waals surface area (Å²) >= 11 is 0. The Bertz CT molecular complexity index is 516. The van der Waals surface area contributed by atoms with Crippen molar-refractivity contribution in [2.45, 2.75) is 0 Å². The molecule has 18 heavy (non-hydrogen) atoms. The third-order valence-electron chi connectivity index (χ3n) is 2.34. The highest BCUT2D eigenvalue weighted by Gasteiger charge is 2.11. The fraction of sp³-hybridized carbons (Fsp3) is 0.0833. The summed E-state index contributed by atoms with van der Waals surface area (Å²) in [4.78, 5) is 3.97. The van der Waals surface area contributed by atoms with Crippen molar-refractivity contribution in [2.24, 2.45) is 0 Å². The van der Waals surface area contributed by atoms with Gasteiger partial charge in [-0.05, 0) is 12.1 Å². The van der Waals surface area contributed by atoms with Gasteiger partial charge >= 0.3 is 7.12 Å². The number of hydrogen-bond donors (Lipinski definition) is 2. The van der Waals surface area contributed by atoms with Crippen LogP contribution in [0.1, 0.15) is 0 Å². The molecule has 0 aliphatic heterocycles. The summed E-state index contributed by atoms with van der Waals surface area (Å²) in [6, 6.07) is 10.3. The minimum Gasteiger partial charge on any atom is -0.493 e. The van der Waals surface area contributed by atoms with Crippen LogP contribution in [0.4, 0.5) is 0 Å². The zero-order valence-electron chi connectivity index (χ0n) is 9.78. The van der Waals surface area contributed by atoms with Gasteiger partial charge in [0.2, 0.25) is 5.88 Å². The van der Waals surface area contributed by atoms with Gasteiger partial charge in [0.05, 0.1) is 7.11 Å². The van der Waals surface area contributed by atoms with Crippen LogP contribution in [0.5, 0.6) is 17.4 Å². The molecule has 0 spiro atoms. The Morgan fingerprint density at radius 2 is 1.78 bits per heavy atom. The van der Waals surface area contributed by atoms with Gasteiger partial charge in [0.1, 0.15) is 0 Å². The molecule has 0 saturated carbocycles. The van der Waals surface area contributed by atoms with Crippen LogP contribution in [0.15, 0.2) is 42.6 Å². The average molecular weight is 245 g/mol. The van der Waals surface area contributed by atoms with Gasteiger partial charge in [-0.2, -0.15) is 0 Å². The van der Waals surface area contributed by atoms with E-state index >= 15 is 0 Å². The lowest BCUT2D eigenvalue weighted by Crippen LogP contribution is -2.29. The van der Waals surface area contributed by atoms with Gasteiger partial charge in [0, 0.05) is 17.7 Å². The van der Waals surface area contributed by atoms with Gasteiger partial charge in [-0.25, -0.2) is 4.98 Å². The monoisotopic (exact) mass is 245 g/mol. The Hall–Kier alpha value is -2.05. The van der Waals surface area contributed by atoms with E-state index in [1.54, 1.807) is 25.3 Å². The van der Waals surface area contributed by atoms with Gasteiger partial charge in [-0.15, -0.1) is 0 Å². The highest BCUT2D eigenvalue weighted by atomic mass is 16.5. The SMILES string of the molecule is COc1ccccc1Oc1ccc(B(O)O)cn1. The number of hydrogen-bond acceptors (Lipinski definition) is 5. The van der Waals surface area contributed by atoms with Gasteiger partial charge in [-0.3, -0.25) is 0 Å². The van der Waals surface area contributed by atoms with Crippen molar-refractivity contribution < 1.29 is 19.5 Å². The summed E-state index contributed by atoms with van der Waals surface area (Å²) in [5.74, 6) is 1.50. The van der Waals surface area contributed by atoms with E-state index in [9.17, 15) is 0 Å². The first kappa shape index (κ1) is 12.4. The predicted octanol–water partition coefficient (Wildman–Crippen LogP) is 0.562. The predicted molar refractivity (Wildman–Crippen MR) is 67.1 cm³/mol. The zero-order chi connectivity index (χ0) is 13.0. The third-order valence-corrected chi connectivity index (χ3v) is 2.34. The van der Waals surface area contributed by atoms with Crippen molar-refractivity contribution in [3.8, 4) is 17.4 Å². The van der Waals surface area contributed by atoms with Gasteiger partial charge in [0.15, 0.2) is 11.5 Å². The van der Waals surface area contributed by atoms with E-state index in [0.717, 1.165) is 0 Å². The van der Waals surface area contributed by atoms with Crippen molar-refractivity contribution >= 4 is 12.6 Å². The van der Waals surface area contributed by atoms with E-state index in [4.69, 9.17) is 19.5 Å². The molecule has 0 saturated heterocycles. The molecule has 5 nitrogen and oxygen atoms in total. The molecule has 2 aromatic rings. The molecule has 0 bridgehead atoms. The number of nitrogens with zero attached hydrogens (tertiary/aromatic N) is 1. The molecule has 6 heteroatoms. The maximum Gasteiger partial charge on any atom is 0.490 e. The lowest BCUT2D eigenvalue weighted by molar-refractivity contribution is 0.374. The van der Waals surface area contributed by atoms with Crippen LogP contribution < -0.4 is 14.9 Å². The fourth-order valence-electron chi connectivity index (χ4n) is 1.42. The maximum absolute atomic E-state index is 8.94. The number of aromatic nitrogens is 1. The van der Waals surface area contributed by atoms with E-state index in [0.29, 0.717) is 22.8 Å². The zero-order valence-corrected chi connectivity index (χ0v) is 9.78. The van der Waals surface area contributed by atoms with Crippen LogP contribution >= 0.6 is 0 Å². The van der Waals surface area contributed by atoms with Crippen LogP contribution in [0.3, 0.4) is 0 Å². The van der Waals surface area contributed by atoms with Crippen LogP contribution in [0.2, 0.25) is 0 Å². The molecule has 0 radical (unpaired) electrons. The summed E-state index contributed by atoms with van der Waals surface area (Å²) in [6.07, 6.45) is 1.34. The van der Waals surface area contributed by atoms with Gasteiger partial charge in [0.25, 0.3) is 0 Å². The van der Waals surface area contributed by atoms with Gasteiger partial charge < -0.3 is 19.5 Å². The Morgan fingerprint density at radius 1 is 1.06 bits per heavy atom. The maximum atomic E-state index is 8.94. The lowest BCUT2D eigenvalue weighted by Gasteiger charge is -2.09. The second kappa shape index (κ2) is 5.53. The van der Waals surface area contributed by atoms with E-state index in [-0.39, 0.29) is 0 Å².